The van der Waals surface area contributed by atoms with E-state index in [1.165, 1.54) is 0 Å². The number of rotatable bonds is 1. The highest BCUT2D eigenvalue weighted by molar-refractivity contribution is 5.98. The van der Waals surface area contributed by atoms with Crippen LogP contribution in [0.25, 0.3) is 10.9 Å². The molecule has 1 atom stereocenters. The van der Waals surface area contributed by atoms with Gasteiger partial charge in [0.05, 0.1) is 0 Å². The number of hydrogen-bond acceptors (Lipinski definition) is 2. The van der Waals surface area contributed by atoms with Gasteiger partial charge in [0.25, 0.3) is 5.91 Å². The molecule has 1 aliphatic rings. The second-order valence-corrected chi connectivity index (χ2v) is 4.83. The van der Waals surface area contributed by atoms with E-state index in [2.05, 4.69) is 17.2 Å². The average molecular weight is 243 g/mol. The zero-order valence-electron chi connectivity index (χ0n) is 10.4. The highest BCUT2D eigenvalue weighted by Crippen LogP contribution is 2.17. The lowest BCUT2D eigenvalue weighted by atomic mass is 10.1. The molecule has 94 valence electrons. The quantitative estimate of drug-likeness (QED) is 0.799. The molecule has 2 heterocycles. The van der Waals surface area contributed by atoms with Crippen molar-refractivity contribution in [3.8, 4) is 0 Å². The van der Waals surface area contributed by atoms with Crippen molar-refractivity contribution in [1.29, 1.82) is 0 Å². The molecule has 1 saturated heterocycles. The van der Waals surface area contributed by atoms with Gasteiger partial charge >= 0.3 is 0 Å². The molecule has 2 aromatic rings. The van der Waals surface area contributed by atoms with Crippen molar-refractivity contribution >= 4 is 16.8 Å². The number of benzene rings is 1. The number of aromatic amines is 1. The maximum absolute atomic E-state index is 12.5. The topological polar surface area (TPSA) is 48.1 Å². The largest absolute Gasteiger partial charge is 0.361 e. The van der Waals surface area contributed by atoms with Crippen LogP contribution >= 0.6 is 0 Å². The van der Waals surface area contributed by atoms with E-state index in [9.17, 15) is 4.79 Å². The summed E-state index contributed by atoms with van der Waals surface area (Å²) in [6.45, 7) is 4.61. The summed E-state index contributed by atoms with van der Waals surface area (Å²) in [6, 6.07) is 8.11. The summed E-state index contributed by atoms with van der Waals surface area (Å²) in [4.78, 5) is 17.6. The van der Waals surface area contributed by atoms with Gasteiger partial charge in [-0.2, -0.15) is 0 Å². The summed E-state index contributed by atoms with van der Waals surface area (Å²) in [6.07, 6.45) is 1.90. The maximum Gasteiger partial charge on any atom is 0.254 e. The smallest absolute Gasteiger partial charge is 0.254 e. The normalized spacial score (nSPS) is 20.3. The third kappa shape index (κ3) is 1.88. The number of piperazine rings is 1. The predicted octanol–water partition coefficient (Wildman–Crippen LogP) is 1.60. The van der Waals surface area contributed by atoms with Gasteiger partial charge in [-0.05, 0) is 30.5 Å². The number of carbonyl (C=O) groups excluding carboxylic acids is 1. The zero-order valence-corrected chi connectivity index (χ0v) is 10.4. The van der Waals surface area contributed by atoms with E-state index < -0.39 is 0 Å². The molecule has 1 fully saturated rings. The molecule has 1 aromatic carbocycles. The van der Waals surface area contributed by atoms with E-state index in [0.29, 0.717) is 0 Å². The van der Waals surface area contributed by atoms with Gasteiger partial charge in [0.1, 0.15) is 0 Å². The van der Waals surface area contributed by atoms with Crippen LogP contribution in [0.3, 0.4) is 0 Å². The van der Waals surface area contributed by atoms with Crippen LogP contribution in [0.5, 0.6) is 0 Å². The van der Waals surface area contributed by atoms with Crippen LogP contribution in [0.2, 0.25) is 0 Å². The Balaban J connectivity index is 1.90. The van der Waals surface area contributed by atoms with E-state index in [-0.39, 0.29) is 11.9 Å². The highest BCUT2D eigenvalue weighted by Gasteiger charge is 2.23. The standard InChI is InChI=1S/C14H17N3O/c1-10-9-15-6-7-17(10)14(18)12-3-2-11-4-5-16-13(11)8-12/h2-5,8,10,15-16H,6-7,9H2,1H3. The van der Waals surface area contributed by atoms with Gasteiger partial charge in [-0.15, -0.1) is 0 Å². The second kappa shape index (κ2) is 4.46. The number of nitrogens with one attached hydrogen (secondary N) is 2. The van der Waals surface area contributed by atoms with Crippen LogP contribution in [-0.2, 0) is 0 Å². The van der Waals surface area contributed by atoms with Crippen LogP contribution in [0, 0.1) is 0 Å². The fraction of sp³-hybridized carbons (Fsp3) is 0.357. The SMILES string of the molecule is CC1CNCCN1C(=O)c1ccc2cc[nH]c2c1. The van der Waals surface area contributed by atoms with Crippen molar-refractivity contribution in [2.75, 3.05) is 19.6 Å². The fourth-order valence-electron chi connectivity index (χ4n) is 2.49. The number of hydrogen-bond donors (Lipinski definition) is 2. The summed E-state index contributed by atoms with van der Waals surface area (Å²) in [7, 11) is 0. The molecule has 4 heteroatoms. The third-order valence-electron chi connectivity index (χ3n) is 3.56. The van der Waals surface area contributed by atoms with E-state index >= 15 is 0 Å². The first-order valence-electron chi connectivity index (χ1n) is 6.34. The lowest BCUT2D eigenvalue weighted by Crippen LogP contribution is -2.52. The first kappa shape index (κ1) is 11.3. The van der Waals surface area contributed by atoms with Gasteiger partial charge in [0.15, 0.2) is 0 Å². The van der Waals surface area contributed by atoms with Crippen LogP contribution in [-0.4, -0.2) is 41.5 Å². The summed E-state index contributed by atoms with van der Waals surface area (Å²) in [5.41, 5.74) is 1.78. The maximum atomic E-state index is 12.5. The average Bonchev–Trinajstić information content (AvgIpc) is 2.85. The Kier molecular flexibility index (Phi) is 2.80. The van der Waals surface area contributed by atoms with Gasteiger partial charge in [-0.1, -0.05) is 6.07 Å². The van der Waals surface area contributed by atoms with Crippen molar-refractivity contribution in [3.05, 3.63) is 36.0 Å². The number of H-pyrrole nitrogens is 1. The lowest BCUT2D eigenvalue weighted by Gasteiger charge is -2.34. The Hall–Kier alpha value is -1.81. The van der Waals surface area contributed by atoms with E-state index in [4.69, 9.17) is 0 Å². The molecule has 1 aliphatic heterocycles. The minimum Gasteiger partial charge on any atom is -0.361 e. The molecule has 2 N–H and O–H groups in total. The van der Waals surface area contributed by atoms with Crippen LogP contribution < -0.4 is 5.32 Å². The van der Waals surface area contributed by atoms with Gasteiger partial charge in [0.2, 0.25) is 0 Å². The Morgan fingerprint density at radius 2 is 2.28 bits per heavy atom. The monoisotopic (exact) mass is 243 g/mol. The molecule has 18 heavy (non-hydrogen) atoms. The minimum absolute atomic E-state index is 0.125. The van der Waals surface area contributed by atoms with Gasteiger partial charge in [-0.3, -0.25) is 4.79 Å². The van der Waals surface area contributed by atoms with Crippen LogP contribution in [0.15, 0.2) is 30.5 Å². The molecule has 0 radical (unpaired) electrons. The molecular formula is C14H17N3O. The van der Waals surface area contributed by atoms with Crippen molar-refractivity contribution in [2.45, 2.75) is 13.0 Å². The summed E-state index contributed by atoms with van der Waals surface area (Å²) >= 11 is 0. The highest BCUT2D eigenvalue weighted by atomic mass is 16.2. The van der Waals surface area contributed by atoms with Crippen molar-refractivity contribution in [2.24, 2.45) is 0 Å². The van der Waals surface area contributed by atoms with Gasteiger partial charge in [-0.25, -0.2) is 0 Å². The molecule has 3 rings (SSSR count). The van der Waals surface area contributed by atoms with E-state index in [0.717, 1.165) is 36.1 Å². The van der Waals surface area contributed by atoms with Gasteiger partial charge in [0, 0.05) is 43.0 Å². The number of aromatic nitrogens is 1. The summed E-state index contributed by atoms with van der Waals surface area (Å²) < 4.78 is 0. The first-order chi connectivity index (χ1) is 8.75. The number of carbonyl (C=O) groups is 1. The fourth-order valence-corrected chi connectivity index (χ4v) is 2.49. The van der Waals surface area contributed by atoms with Crippen molar-refractivity contribution < 1.29 is 4.79 Å². The Morgan fingerprint density at radius 1 is 1.39 bits per heavy atom. The Labute approximate surface area is 106 Å². The summed E-state index contributed by atoms with van der Waals surface area (Å²) in [5.74, 6) is 0.125. The second-order valence-electron chi connectivity index (χ2n) is 4.83. The number of fused-ring (bicyclic) bond motifs is 1. The molecule has 0 aliphatic carbocycles. The molecular weight excluding hydrogens is 226 g/mol. The number of nitrogens with zero attached hydrogens (tertiary/aromatic N) is 1. The Morgan fingerprint density at radius 3 is 3.11 bits per heavy atom. The molecule has 1 unspecified atom stereocenters. The van der Waals surface area contributed by atoms with Crippen LogP contribution in [0.1, 0.15) is 17.3 Å². The molecule has 4 nitrogen and oxygen atoms in total. The first-order valence-corrected chi connectivity index (χ1v) is 6.34. The molecule has 0 spiro atoms. The third-order valence-corrected chi connectivity index (χ3v) is 3.56. The van der Waals surface area contributed by atoms with Gasteiger partial charge < -0.3 is 15.2 Å². The lowest BCUT2D eigenvalue weighted by molar-refractivity contribution is 0.0656. The number of amides is 1. The predicted molar refractivity (Wildman–Crippen MR) is 71.7 cm³/mol. The summed E-state index contributed by atoms with van der Waals surface area (Å²) in [5, 5.41) is 4.44. The molecule has 1 amide bonds. The van der Waals surface area contributed by atoms with Crippen LogP contribution in [0.4, 0.5) is 0 Å². The Bertz CT molecular complexity index is 575. The van der Waals surface area contributed by atoms with E-state index in [1.54, 1.807) is 0 Å². The molecule has 0 saturated carbocycles. The van der Waals surface area contributed by atoms with Crippen molar-refractivity contribution in [3.63, 3.8) is 0 Å². The van der Waals surface area contributed by atoms with E-state index in [1.807, 2.05) is 35.4 Å². The molecule has 1 aromatic heterocycles. The van der Waals surface area contributed by atoms with Crippen molar-refractivity contribution in [1.82, 2.24) is 15.2 Å². The minimum atomic E-state index is 0.125. The zero-order chi connectivity index (χ0) is 12.5. The molecule has 0 bridgehead atoms.